The van der Waals surface area contributed by atoms with Crippen molar-refractivity contribution < 1.29 is 8.42 Å². The van der Waals surface area contributed by atoms with E-state index in [0.29, 0.717) is 0 Å². The summed E-state index contributed by atoms with van der Waals surface area (Å²) in [4.78, 5) is 0. The Bertz CT molecular complexity index is 282. The second kappa shape index (κ2) is 3.00. The highest BCUT2D eigenvalue weighted by molar-refractivity contribution is 7.87. The van der Waals surface area contributed by atoms with Crippen LogP contribution in [0, 0.1) is 11.3 Å². The van der Waals surface area contributed by atoms with Crippen molar-refractivity contribution in [1.29, 1.82) is 5.41 Å². The second-order valence-electron chi connectivity index (χ2n) is 2.93. The van der Waals surface area contributed by atoms with Gasteiger partial charge in [0.15, 0.2) is 0 Å². The minimum Gasteiger partial charge on any atom is -0.386 e. The summed E-state index contributed by atoms with van der Waals surface area (Å²) in [5.74, 6) is -0.0210. The van der Waals surface area contributed by atoms with Crippen LogP contribution in [-0.2, 0) is 10.2 Å². The maximum atomic E-state index is 10.6. The normalized spacial score (nSPS) is 20.4. The molecular weight excluding hydrogens is 180 g/mol. The third-order valence-electron chi connectivity index (χ3n) is 1.72. The number of amidine groups is 1. The number of nitrogens with one attached hydrogen (secondary N) is 2. The van der Waals surface area contributed by atoms with Crippen LogP contribution in [-0.4, -0.2) is 20.3 Å². The van der Waals surface area contributed by atoms with E-state index in [4.69, 9.17) is 16.3 Å². The van der Waals surface area contributed by atoms with Crippen LogP contribution in [0.15, 0.2) is 0 Å². The van der Waals surface area contributed by atoms with Crippen LogP contribution in [0.3, 0.4) is 0 Å². The Kier molecular flexibility index (Phi) is 2.36. The molecule has 12 heavy (non-hydrogen) atoms. The van der Waals surface area contributed by atoms with Gasteiger partial charge in [0.25, 0.3) is 10.2 Å². The fraction of sp³-hybridized carbons (Fsp3) is 0.800. The van der Waals surface area contributed by atoms with Gasteiger partial charge in [-0.3, -0.25) is 5.41 Å². The summed E-state index contributed by atoms with van der Waals surface area (Å²) in [5, 5.41) is 11.8. The summed E-state index contributed by atoms with van der Waals surface area (Å²) in [6, 6.07) is -0.611. The zero-order chi connectivity index (χ0) is 9.35. The Hall–Kier alpha value is -0.660. The third kappa shape index (κ3) is 2.76. The molecule has 0 aromatic heterocycles. The molecule has 1 unspecified atom stereocenters. The largest absolute Gasteiger partial charge is 0.386 e. The summed E-state index contributed by atoms with van der Waals surface area (Å²) < 4.78 is 23.3. The van der Waals surface area contributed by atoms with Gasteiger partial charge in [0, 0.05) is 0 Å². The molecule has 70 valence electrons. The molecule has 0 spiro atoms. The molecule has 7 heteroatoms. The summed E-state index contributed by atoms with van der Waals surface area (Å²) >= 11 is 0. The molecule has 6 nitrogen and oxygen atoms in total. The first-order valence-corrected chi connectivity index (χ1v) is 5.09. The molecule has 6 N–H and O–H groups in total. The van der Waals surface area contributed by atoms with Gasteiger partial charge >= 0.3 is 0 Å². The van der Waals surface area contributed by atoms with Crippen molar-refractivity contribution in [3.05, 3.63) is 0 Å². The van der Waals surface area contributed by atoms with E-state index >= 15 is 0 Å². The molecular formula is C5H12N4O2S. The lowest BCUT2D eigenvalue weighted by Crippen LogP contribution is -2.47. The summed E-state index contributed by atoms with van der Waals surface area (Å²) in [6.45, 7) is 0. The number of hydrogen-bond acceptors (Lipinski definition) is 3. The Labute approximate surface area is 71.0 Å². The van der Waals surface area contributed by atoms with Crippen LogP contribution in [0.5, 0.6) is 0 Å². The molecule has 0 heterocycles. The van der Waals surface area contributed by atoms with E-state index in [2.05, 4.69) is 4.72 Å². The number of nitrogens with two attached hydrogens (primary N) is 2. The van der Waals surface area contributed by atoms with Crippen molar-refractivity contribution in [1.82, 2.24) is 4.72 Å². The van der Waals surface area contributed by atoms with Crippen molar-refractivity contribution in [2.75, 3.05) is 0 Å². The lowest BCUT2D eigenvalue weighted by molar-refractivity contribution is 0.564. The van der Waals surface area contributed by atoms with Gasteiger partial charge in [0.1, 0.15) is 5.84 Å². The van der Waals surface area contributed by atoms with Crippen molar-refractivity contribution in [2.45, 2.75) is 18.9 Å². The van der Waals surface area contributed by atoms with Crippen molar-refractivity contribution in [2.24, 2.45) is 16.8 Å². The van der Waals surface area contributed by atoms with E-state index in [0.717, 1.165) is 12.8 Å². The predicted octanol–water partition coefficient (Wildman–Crippen LogP) is -1.51. The van der Waals surface area contributed by atoms with Crippen LogP contribution in [0.2, 0.25) is 0 Å². The molecule has 1 rings (SSSR count). The first-order valence-electron chi connectivity index (χ1n) is 3.54. The van der Waals surface area contributed by atoms with Gasteiger partial charge in [0.2, 0.25) is 0 Å². The molecule has 0 bridgehead atoms. The molecule has 0 radical (unpaired) electrons. The summed E-state index contributed by atoms with van der Waals surface area (Å²) in [7, 11) is -3.74. The van der Waals surface area contributed by atoms with Crippen LogP contribution < -0.4 is 15.6 Å². The smallest absolute Gasteiger partial charge is 0.275 e. The quantitative estimate of drug-likeness (QED) is 0.320. The monoisotopic (exact) mass is 192 g/mol. The highest BCUT2D eigenvalue weighted by atomic mass is 32.2. The van der Waals surface area contributed by atoms with E-state index in [1.54, 1.807) is 0 Å². The molecule has 0 aliphatic heterocycles. The lowest BCUT2D eigenvalue weighted by Gasteiger charge is -2.13. The first-order chi connectivity index (χ1) is 5.40. The van der Waals surface area contributed by atoms with Crippen LogP contribution in [0.1, 0.15) is 12.8 Å². The minimum absolute atomic E-state index is 0.154. The zero-order valence-electron chi connectivity index (χ0n) is 6.45. The van der Waals surface area contributed by atoms with Crippen LogP contribution >= 0.6 is 0 Å². The molecule has 0 amide bonds. The van der Waals surface area contributed by atoms with Crippen molar-refractivity contribution >= 4 is 16.0 Å². The molecule has 0 aromatic rings. The predicted molar refractivity (Wildman–Crippen MR) is 44.7 cm³/mol. The van der Waals surface area contributed by atoms with Crippen molar-refractivity contribution in [3.8, 4) is 0 Å². The van der Waals surface area contributed by atoms with Gasteiger partial charge in [-0.15, -0.1) is 0 Å². The standard InChI is InChI=1S/C5H12N4O2S/c6-5(7)4(3-1-2-3)9-12(8,10)11/h3-4,9H,1-2H2,(H3,6,7)(H2,8,10,11). The highest BCUT2D eigenvalue weighted by Crippen LogP contribution is 2.32. The molecule has 1 atom stereocenters. The molecule has 1 saturated carbocycles. The van der Waals surface area contributed by atoms with Crippen molar-refractivity contribution in [3.63, 3.8) is 0 Å². The maximum Gasteiger partial charge on any atom is 0.275 e. The van der Waals surface area contributed by atoms with E-state index in [1.807, 2.05) is 0 Å². The van der Waals surface area contributed by atoms with E-state index in [-0.39, 0.29) is 11.8 Å². The Morgan fingerprint density at radius 3 is 2.33 bits per heavy atom. The molecule has 1 aliphatic carbocycles. The molecule has 1 aliphatic rings. The first kappa shape index (κ1) is 9.43. The minimum atomic E-state index is -3.74. The third-order valence-corrected chi connectivity index (χ3v) is 2.30. The second-order valence-corrected chi connectivity index (χ2v) is 4.26. The Morgan fingerprint density at radius 1 is 1.58 bits per heavy atom. The van der Waals surface area contributed by atoms with Crippen LogP contribution in [0.25, 0.3) is 0 Å². The SMILES string of the molecule is N=C(N)C(NS(N)(=O)=O)C1CC1. The summed E-state index contributed by atoms with van der Waals surface area (Å²) in [6.07, 6.45) is 1.79. The van der Waals surface area contributed by atoms with Gasteiger partial charge in [-0.25, -0.2) is 5.14 Å². The molecule has 0 aromatic carbocycles. The van der Waals surface area contributed by atoms with Crippen LogP contribution in [0.4, 0.5) is 0 Å². The topological polar surface area (TPSA) is 122 Å². The van der Waals surface area contributed by atoms with Gasteiger partial charge in [0.05, 0.1) is 6.04 Å². The Morgan fingerprint density at radius 2 is 2.08 bits per heavy atom. The summed E-state index contributed by atoms with van der Waals surface area (Å²) in [5.41, 5.74) is 5.19. The molecule has 1 fully saturated rings. The fourth-order valence-electron chi connectivity index (χ4n) is 1.02. The highest BCUT2D eigenvalue weighted by Gasteiger charge is 2.35. The van der Waals surface area contributed by atoms with E-state index in [9.17, 15) is 8.42 Å². The van der Waals surface area contributed by atoms with Gasteiger partial charge in [-0.2, -0.15) is 13.1 Å². The van der Waals surface area contributed by atoms with Gasteiger partial charge in [-0.05, 0) is 18.8 Å². The van der Waals surface area contributed by atoms with E-state index < -0.39 is 16.3 Å². The average Bonchev–Trinajstić information content (AvgIpc) is 2.61. The van der Waals surface area contributed by atoms with E-state index in [1.165, 1.54) is 0 Å². The Balaban J connectivity index is 2.61. The molecule has 0 saturated heterocycles. The maximum absolute atomic E-state index is 10.6. The fourth-order valence-corrected chi connectivity index (χ4v) is 1.69. The lowest BCUT2D eigenvalue weighted by atomic mass is 10.2. The van der Waals surface area contributed by atoms with Gasteiger partial charge < -0.3 is 5.73 Å². The number of hydrogen-bond donors (Lipinski definition) is 4. The average molecular weight is 192 g/mol. The number of rotatable bonds is 4. The zero-order valence-corrected chi connectivity index (χ0v) is 7.26. The van der Waals surface area contributed by atoms with Gasteiger partial charge in [-0.1, -0.05) is 0 Å².